The van der Waals surface area contributed by atoms with Crippen LogP contribution in [0, 0.1) is 5.92 Å². The lowest BCUT2D eigenvalue weighted by molar-refractivity contribution is -0.190. The maximum atomic E-state index is 5.32. The van der Waals surface area contributed by atoms with Crippen molar-refractivity contribution in [1.29, 1.82) is 0 Å². The summed E-state index contributed by atoms with van der Waals surface area (Å²) >= 11 is 2.38. The van der Waals surface area contributed by atoms with E-state index >= 15 is 0 Å². The Labute approximate surface area is 75.4 Å². The lowest BCUT2D eigenvalue weighted by Crippen LogP contribution is -2.30. The number of rotatable bonds is 2. The maximum Gasteiger partial charge on any atom is 0.154 e. The first-order chi connectivity index (χ1) is 4.83. The van der Waals surface area contributed by atoms with Crippen LogP contribution in [0.3, 0.4) is 0 Å². The first kappa shape index (κ1) is 8.74. The zero-order valence-electron chi connectivity index (χ0n) is 6.18. The Balaban J connectivity index is 2.13. The summed E-state index contributed by atoms with van der Waals surface area (Å²) in [4.78, 5) is 0. The predicted molar refractivity (Wildman–Crippen MR) is 48.4 cm³/mol. The second kappa shape index (κ2) is 4.51. The monoisotopic (exact) mass is 256 g/mol. The molecular weight excluding hydrogens is 243 g/mol. The van der Waals surface area contributed by atoms with Crippen LogP contribution in [0.2, 0.25) is 0 Å². The van der Waals surface area contributed by atoms with Crippen LogP contribution in [0.1, 0.15) is 13.3 Å². The van der Waals surface area contributed by atoms with Gasteiger partial charge in [0, 0.05) is 5.92 Å². The molecule has 3 heteroatoms. The zero-order chi connectivity index (χ0) is 7.40. The van der Waals surface area contributed by atoms with E-state index in [2.05, 4.69) is 22.6 Å². The summed E-state index contributed by atoms with van der Waals surface area (Å²) < 4.78 is 11.8. The fraction of sp³-hybridized carbons (Fsp3) is 1.00. The molecule has 0 aromatic carbocycles. The molecule has 0 spiro atoms. The third-order valence-corrected chi connectivity index (χ3v) is 2.27. The molecule has 0 N–H and O–H groups in total. The Hall–Kier alpha value is 0.650. The Morgan fingerprint density at radius 2 is 2.00 bits per heavy atom. The summed E-state index contributed by atoms with van der Waals surface area (Å²) in [7, 11) is 0. The minimum absolute atomic E-state index is 0.0189. The quantitative estimate of drug-likeness (QED) is 0.554. The zero-order valence-corrected chi connectivity index (χ0v) is 8.34. The van der Waals surface area contributed by atoms with Crippen molar-refractivity contribution in [3.63, 3.8) is 0 Å². The fourth-order valence-corrected chi connectivity index (χ4v) is 1.84. The van der Waals surface area contributed by atoms with Gasteiger partial charge in [-0.3, -0.25) is 0 Å². The van der Waals surface area contributed by atoms with Crippen molar-refractivity contribution in [2.24, 2.45) is 5.92 Å². The molecular formula is C7H13IO2. The fourth-order valence-electron chi connectivity index (χ4n) is 0.960. The lowest BCUT2D eigenvalue weighted by atomic mass is 10.1. The second-order valence-corrected chi connectivity index (χ2v) is 3.66. The molecule has 0 aromatic heterocycles. The van der Waals surface area contributed by atoms with Gasteiger partial charge in [0.1, 0.15) is 0 Å². The molecule has 1 fully saturated rings. The van der Waals surface area contributed by atoms with Gasteiger partial charge in [0.2, 0.25) is 0 Å². The Bertz CT molecular complexity index is 89.6. The van der Waals surface area contributed by atoms with E-state index in [9.17, 15) is 0 Å². The highest BCUT2D eigenvalue weighted by atomic mass is 127. The van der Waals surface area contributed by atoms with Gasteiger partial charge in [0.15, 0.2) is 6.29 Å². The Morgan fingerprint density at radius 3 is 2.50 bits per heavy atom. The van der Waals surface area contributed by atoms with Crippen molar-refractivity contribution in [3.05, 3.63) is 0 Å². The molecule has 60 valence electrons. The summed E-state index contributed by atoms with van der Waals surface area (Å²) in [5.74, 6) is 0.632. The van der Waals surface area contributed by atoms with Crippen molar-refractivity contribution < 1.29 is 9.47 Å². The molecule has 1 saturated heterocycles. The maximum absolute atomic E-state index is 5.32. The van der Waals surface area contributed by atoms with E-state index in [1.165, 1.54) is 10.8 Å². The average Bonchev–Trinajstić information content (AvgIpc) is 1.95. The topological polar surface area (TPSA) is 18.5 Å². The first-order valence-corrected chi connectivity index (χ1v) is 5.14. The van der Waals surface area contributed by atoms with E-state index in [4.69, 9.17) is 9.47 Å². The number of halogens is 1. The highest BCUT2D eigenvalue weighted by Crippen LogP contribution is 2.14. The van der Waals surface area contributed by atoms with Crippen molar-refractivity contribution in [1.82, 2.24) is 0 Å². The van der Waals surface area contributed by atoms with E-state index in [1.54, 1.807) is 0 Å². The lowest BCUT2D eigenvalue weighted by Gasteiger charge is -2.26. The van der Waals surface area contributed by atoms with Crippen LogP contribution in [-0.2, 0) is 9.47 Å². The summed E-state index contributed by atoms with van der Waals surface area (Å²) in [6, 6.07) is 0. The minimum Gasteiger partial charge on any atom is -0.353 e. The van der Waals surface area contributed by atoms with Gasteiger partial charge in [0.05, 0.1) is 13.2 Å². The molecule has 0 unspecified atom stereocenters. The molecule has 1 aliphatic heterocycles. The van der Waals surface area contributed by atoms with Crippen LogP contribution in [0.15, 0.2) is 0 Å². The number of hydrogen-bond donors (Lipinski definition) is 0. The Kier molecular flexibility index (Phi) is 3.95. The first-order valence-electron chi connectivity index (χ1n) is 3.62. The van der Waals surface area contributed by atoms with E-state index in [0.29, 0.717) is 5.92 Å². The largest absolute Gasteiger partial charge is 0.353 e. The molecule has 0 amide bonds. The highest BCUT2D eigenvalue weighted by molar-refractivity contribution is 14.1. The molecule has 0 atom stereocenters. The van der Waals surface area contributed by atoms with Gasteiger partial charge in [0.25, 0.3) is 0 Å². The van der Waals surface area contributed by atoms with Crippen LogP contribution in [-0.4, -0.2) is 23.9 Å². The van der Waals surface area contributed by atoms with E-state index < -0.39 is 0 Å². The molecule has 0 bridgehead atoms. The predicted octanol–water partition coefficient (Wildman–Crippen LogP) is 1.82. The number of hydrogen-bond acceptors (Lipinski definition) is 2. The SMILES string of the molecule is CC1OCC(CCI)CO1. The van der Waals surface area contributed by atoms with Gasteiger partial charge < -0.3 is 9.47 Å². The number of ether oxygens (including phenoxy) is 2. The van der Waals surface area contributed by atoms with Gasteiger partial charge in [-0.15, -0.1) is 0 Å². The van der Waals surface area contributed by atoms with Gasteiger partial charge >= 0.3 is 0 Å². The normalized spacial score (nSPS) is 34.2. The van der Waals surface area contributed by atoms with Gasteiger partial charge in [-0.1, -0.05) is 22.6 Å². The van der Waals surface area contributed by atoms with E-state index in [1.807, 2.05) is 6.92 Å². The van der Waals surface area contributed by atoms with Crippen LogP contribution < -0.4 is 0 Å². The molecule has 10 heavy (non-hydrogen) atoms. The second-order valence-electron chi connectivity index (χ2n) is 2.58. The molecule has 1 heterocycles. The van der Waals surface area contributed by atoms with Crippen LogP contribution >= 0.6 is 22.6 Å². The minimum atomic E-state index is 0.0189. The van der Waals surface area contributed by atoms with Gasteiger partial charge in [-0.05, 0) is 17.8 Å². The van der Waals surface area contributed by atoms with E-state index in [0.717, 1.165) is 13.2 Å². The average molecular weight is 256 g/mol. The third-order valence-electron chi connectivity index (χ3n) is 1.65. The molecule has 1 aliphatic rings. The number of alkyl halides is 1. The van der Waals surface area contributed by atoms with Crippen LogP contribution in [0.25, 0.3) is 0 Å². The molecule has 2 nitrogen and oxygen atoms in total. The van der Waals surface area contributed by atoms with Crippen molar-refractivity contribution in [2.45, 2.75) is 19.6 Å². The van der Waals surface area contributed by atoms with Crippen molar-refractivity contribution >= 4 is 22.6 Å². The summed E-state index contributed by atoms with van der Waals surface area (Å²) in [6.07, 6.45) is 1.23. The van der Waals surface area contributed by atoms with Gasteiger partial charge in [-0.25, -0.2) is 0 Å². The smallest absolute Gasteiger partial charge is 0.154 e. The third kappa shape index (κ3) is 2.72. The van der Waals surface area contributed by atoms with E-state index in [-0.39, 0.29) is 6.29 Å². The molecule has 1 rings (SSSR count). The molecule has 0 aliphatic carbocycles. The summed E-state index contributed by atoms with van der Waals surface area (Å²) in [5.41, 5.74) is 0. The van der Waals surface area contributed by atoms with Crippen LogP contribution in [0.4, 0.5) is 0 Å². The van der Waals surface area contributed by atoms with Crippen molar-refractivity contribution in [3.8, 4) is 0 Å². The molecule has 0 saturated carbocycles. The van der Waals surface area contributed by atoms with Crippen molar-refractivity contribution in [2.75, 3.05) is 17.6 Å². The Morgan fingerprint density at radius 1 is 1.40 bits per heavy atom. The molecule has 0 aromatic rings. The molecule has 0 radical (unpaired) electrons. The summed E-state index contributed by atoms with van der Waals surface area (Å²) in [5, 5.41) is 0. The van der Waals surface area contributed by atoms with Crippen LogP contribution in [0.5, 0.6) is 0 Å². The standard InChI is InChI=1S/C7H13IO2/c1-6-9-4-7(2-3-8)5-10-6/h6-7H,2-5H2,1H3. The van der Waals surface area contributed by atoms with Gasteiger partial charge in [-0.2, -0.15) is 0 Å². The highest BCUT2D eigenvalue weighted by Gasteiger charge is 2.17. The summed E-state index contributed by atoms with van der Waals surface area (Å²) in [6.45, 7) is 3.70.